The first-order valence-corrected chi connectivity index (χ1v) is 8.79. The van der Waals surface area contributed by atoms with Crippen molar-refractivity contribution in [2.75, 3.05) is 18.8 Å². The van der Waals surface area contributed by atoms with Crippen LogP contribution < -0.4 is 5.73 Å². The molecule has 1 aromatic heterocycles. The second kappa shape index (κ2) is 7.48. The molecule has 0 radical (unpaired) electrons. The third kappa shape index (κ3) is 3.76. The zero-order valence-electron chi connectivity index (χ0n) is 13.2. The number of piperidine rings is 1. The lowest BCUT2D eigenvalue weighted by molar-refractivity contribution is -0.132. The lowest BCUT2D eigenvalue weighted by atomic mass is 9.97. The Labute approximate surface area is 144 Å². The van der Waals surface area contributed by atoms with Gasteiger partial charge in [0.05, 0.1) is 11.7 Å². The molecule has 0 bridgehead atoms. The van der Waals surface area contributed by atoms with Gasteiger partial charge >= 0.3 is 0 Å². The molecule has 0 spiro atoms. The van der Waals surface area contributed by atoms with E-state index in [0.29, 0.717) is 18.2 Å². The molecule has 0 unspecified atom stereocenters. The van der Waals surface area contributed by atoms with Gasteiger partial charge in [-0.15, -0.1) is 10.2 Å². The lowest BCUT2D eigenvalue weighted by Gasteiger charge is -2.31. The average Bonchev–Trinajstić information content (AvgIpc) is 3.09. The molecule has 2 aromatic rings. The maximum Gasteiger partial charge on any atom is 0.233 e. The molecule has 7 nitrogen and oxygen atoms in total. The standard InChI is InChI=1S/C16H19N5O2S/c17-15(23)12-5-4-8-20(9-12)14(22)10-24-16-19-18-11-21(16)13-6-2-1-3-7-13/h1-3,6-7,11-12H,4-5,8-10H2,(H2,17,23)/t12-/m1/s1. The number of thioether (sulfide) groups is 1. The summed E-state index contributed by atoms with van der Waals surface area (Å²) < 4.78 is 1.85. The maximum absolute atomic E-state index is 12.4. The highest BCUT2D eigenvalue weighted by Crippen LogP contribution is 2.21. The summed E-state index contributed by atoms with van der Waals surface area (Å²) in [6, 6.07) is 9.73. The van der Waals surface area contributed by atoms with Gasteiger partial charge in [-0.1, -0.05) is 30.0 Å². The Morgan fingerprint density at radius 3 is 2.83 bits per heavy atom. The Kier molecular flexibility index (Phi) is 5.14. The number of carbonyl (C=O) groups is 2. The normalized spacial score (nSPS) is 17.7. The number of amides is 2. The van der Waals surface area contributed by atoms with Gasteiger partial charge in [0.1, 0.15) is 6.33 Å². The Morgan fingerprint density at radius 2 is 2.08 bits per heavy atom. The third-order valence-corrected chi connectivity index (χ3v) is 4.98. The van der Waals surface area contributed by atoms with Crippen molar-refractivity contribution >= 4 is 23.6 Å². The number of nitrogens with zero attached hydrogens (tertiary/aromatic N) is 4. The number of hydrogen-bond donors (Lipinski definition) is 1. The predicted octanol–water partition coefficient (Wildman–Crippen LogP) is 1.08. The molecule has 1 fully saturated rings. The van der Waals surface area contributed by atoms with Crippen molar-refractivity contribution in [2.45, 2.75) is 18.0 Å². The van der Waals surface area contributed by atoms with Gasteiger partial charge < -0.3 is 10.6 Å². The molecule has 24 heavy (non-hydrogen) atoms. The Balaban J connectivity index is 1.61. The van der Waals surface area contributed by atoms with Crippen molar-refractivity contribution in [1.29, 1.82) is 0 Å². The Morgan fingerprint density at radius 1 is 1.29 bits per heavy atom. The summed E-state index contributed by atoms with van der Waals surface area (Å²) in [5.41, 5.74) is 6.31. The molecule has 126 valence electrons. The van der Waals surface area contributed by atoms with Crippen LogP contribution in [0.2, 0.25) is 0 Å². The minimum Gasteiger partial charge on any atom is -0.369 e. The number of nitrogens with two attached hydrogens (primary N) is 1. The van der Waals surface area contributed by atoms with Crippen molar-refractivity contribution in [1.82, 2.24) is 19.7 Å². The van der Waals surface area contributed by atoms with Gasteiger partial charge in [0, 0.05) is 18.8 Å². The topological polar surface area (TPSA) is 94.1 Å². The van der Waals surface area contributed by atoms with E-state index in [2.05, 4.69) is 10.2 Å². The fourth-order valence-corrected chi connectivity index (χ4v) is 3.57. The molecule has 1 aromatic carbocycles. The molecule has 1 atom stereocenters. The number of para-hydroxylation sites is 1. The van der Waals surface area contributed by atoms with Crippen molar-refractivity contribution < 1.29 is 9.59 Å². The van der Waals surface area contributed by atoms with Gasteiger partial charge in [-0.25, -0.2) is 0 Å². The second-order valence-electron chi connectivity index (χ2n) is 5.69. The number of primary amides is 1. The molecule has 2 N–H and O–H groups in total. The highest BCUT2D eigenvalue weighted by atomic mass is 32.2. The van der Waals surface area contributed by atoms with Crippen LogP contribution in [-0.2, 0) is 9.59 Å². The van der Waals surface area contributed by atoms with Crippen molar-refractivity contribution in [3.05, 3.63) is 36.7 Å². The monoisotopic (exact) mass is 345 g/mol. The highest BCUT2D eigenvalue weighted by molar-refractivity contribution is 7.99. The summed E-state index contributed by atoms with van der Waals surface area (Å²) in [6.07, 6.45) is 3.20. The molecule has 2 heterocycles. The SMILES string of the molecule is NC(=O)[C@@H]1CCCN(C(=O)CSc2nncn2-c2ccccc2)C1. The lowest BCUT2D eigenvalue weighted by Crippen LogP contribution is -2.44. The van der Waals surface area contributed by atoms with Crippen molar-refractivity contribution in [3.8, 4) is 5.69 Å². The molecule has 1 saturated heterocycles. The Hall–Kier alpha value is -2.35. The first-order chi connectivity index (χ1) is 11.6. The van der Waals surface area contributed by atoms with Crippen molar-refractivity contribution in [2.24, 2.45) is 11.7 Å². The Bertz CT molecular complexity index is 718. The van der Waals surface area contributed by atoms with Crippen LogP contribution in [0.25, 0.3) is 5.69 Å². The van der Waals surface area contributed by atoms with E-state index in [4.69, 9.17) is 5.73 Å². The van der Waals surface area contributed by atoms with Crippen LogP contribution in [0.4, 0.5) is 0 Å². The van der Waals surface area contributed by atoms with E-state index < -0.39 is 0 Å². The van der Waals surface area contributed by atoms with Gasteiger partial charge in [0.15, 0.2) is 5.16 Å². The van der Waals surface area contributed by atoms with Gasteiger partial charge in [0.25, 0.3) is 0 Å². The van der Waals surface area contributed by atoms with Gasteiger partial charge in [-0.3, -0.25) is 14.2 Å². The minimum absolute atomic E-state index is 0.00596. The van der Waals surface area contributed by atoms with Gasteiger partial charge in [-0.05, 0) is 25.0 Å². The number of carbonyl (C=O) groups excluding carboxylic acids is 2. The molecule has 3 rings (SSSR count). The van der Waals surface area contributed by atoms with E-state index in [9.17, 15) is 9.59 Å². The van der Waals surface area contributed by atoms with Crippen LogP contribution >= 0.6 is 11.8 Å². The smallest absolute Gasteiger partial charge is 0.233 e. The quantitative estimate of drug-likeness (QED) is 0.819. The summed E-state index contributed by atoms with van der Waals surface area (Å²) >= 11 is 1.34. The fourth-order valence-electron chi connectivity index (χ4n) is 2.74. The third-order valence-electron chi connectivity index (χ3n) is 4.05. The average molecular weight is 345 g/mol. The van der Waals surface area contributed by atoms with E-state index in [1.54, 1.807) is 11.2 Å². The van der Waals surface area contributed by atoms with Crippen LogP contribution in [0.15, 0.2) is 41.8 Å². The predicted molar refractivity (Wildman–Crippen MR) is 90.6 cm³/mol. The van der Waals surface area contributed by atoms with Crippen LogP contribution in [0, 0.1) is 5.92 Å². The molecule has 2 amide bonds. The molecule has 8 heteroatoms. The number of benzene rings is 1. The van der Waals surface area contributed by atoms with E-state index in [0.717, 1.165) is 18.5 Å². The molecule has 1 aliphatic rings. The summed E-state index contributed by atoms with van der Waals surface area (Å²) in [5.74, 6) is -0.310. The van der Waals surface area contributed by atoms with Crippen LogP contribution in [-0.4, -0.2) is 50.3 Å². The van der Waals surface area contributed by atoms with Gasteiger partial charge in [0.2, 0.25) is 11.8 Å². The van der Waals surface area contributed by atoms with E-state index >= 15 is 0 Å². The van der Waals surface area contributed by atoms with Crippen LogP contribution in [0.3, 0.4) is 0 Å². The molecule has 0 aliphatic carbocycles. The zero-order valence-corrected chi connectivity index (χ0v) is 14.0. The molecule has 1 aliphatic heterocycles. The van der Waals surface area contributed by atoms with Gasteiger partial charge in [-0.2, -0.15) is 0 Å². The summed E-state index contributed by atoms with van der Waals surface area (Å²) in [5, 5.41) is 8.68. The van der Waals surface area contributed by atoms with E-state index in [1.165, 1.54) is 11.8 Å². The number of likely N-dealkylation sites (tertiary alicyclic amines) is 1. The highest BCUT2D eigenvalue weighted by Gasteiger charge is 2.27. The van der Waals surface area contributed by atoms with E-state index in [-0.39, 0.29) is 23.5 Å². The molecular weight excluding hydrogens is 326 g/mol. The zero-order chi connectivity index (χ0) is 16.9. The minimum atomic E-state index is -0.330. The maximum atomic E-state index is 12.4. The van der Waals surface area contributed by atoms with Crippen LogP contribution in [0.5, 0.6) is 0 Å². The first kappa shape index (κ1) is 16.5. The van der Waals surface area contributed by atoms with Crippen molar-refractivity contribution in [3.63, 3.8) is 0 Å². The van der Waals surface area contributed by atoms with Crippen LogP contribution in [0.1, 0.15) is 12.8 Å². The number of hydrogen-bond acceptors (Lipinski definition) is 5. The largest absolute Gasteiger partial charge is 0.369 e. The summed E-state index contributed by atoms with van der Waals surface area (Å²) in [4.78, 5) is 25.4. The summed E-state index contributed by atoms with van der Waals surface area (Å²) in [7, 11) is 0. The molecular formula is C16H19N5O2S. The summed E-state index contributed by atoms with van der Waals surface area (Å²) in [6.45, 7) is 1.09. The number of rotatable bonds is 5. The molecule has 0 saturated carbocycles. The fraction of sp³-hybridized carbons (Fsp3) is 0.375. The first-order valence-electron chi connectivity index (χ1n) is 7.80. The second-order valence-corrected chi connectivity index (χ2v) is 6.63. The van der Waals surface area contributed by atoms with E-state index in [1.807, 2.05) is 34.9 Å². The number of aromatic nitrogens is 3.